The van der Waals surface area contributed by atoms with Gasteiger partial charge in [-0.2, -0.15) is 0 Å². The van der Waals surface area contributed by atoms with Crippen molar-refractivity contribution in [2.75, 3.05) is 0 Å². The molecule has 0 atom stereocenters. The van der Waals surface area contributed by atoms with Gasteiger partial charge in [-0.1, -0.05) is 24.9 Å². The van der Waals surface area contributed by atoms with Gasteiger partial charge in [-0.15, -0.1) is 0 Å². The number of hydrogen-bond acceptors (Lipinski definition) is 3. The predicted molar refractivity (Wildman–Crippen MR) is 67.1 cm³/mol. The average Bonchev–Trinajstić information content (AvgIpc) is 2.84. The Morgan fingerprint density at radius 1 is 1.56 bits per heavy atom. The van der Waals surface area contributed by atoms with E-state index in [1.807, 2.05) is 0 Å². The second-order valence-electron chi connectivity index (χ2n) is 5.53. The van der Waals surface area contributed by atoms with Crippen molar-refractivity contribution in [3.63, 3.8) is 0 Å². The van der Waals surface area contributed by atoms with Gasteiger partial charge in [0.15, 0.2) is 0 Å². The van der Waals surface area contributed by atoms with Crippen LogP contribution in [0.1, 0.15) is 51.0 Å². The third-order valence-electron chi connectivity index (χ3n) is 4.24. The highest BCUT2D eigenvalue weighted by molar-refractivity contribution is 5.75. The maximum Gasteiger partial charge on any atom is 0.309 e. The molecule has 0 radical (unpaired) electrons. The minimum absolute atomic E-state index is 0.546. The van der Waals surface area contributed by atoms with Gasteiger partial charge in [0.05, 0.1) is 11.6 Å². The molecule has 1 N–H and O–H groups in total. The van der Waals surface area contributed by atoms with Crippen molar-refractivity contribution in [2.24, 2.45) is 11.3 Å². The lowest BCUT2D eigenvalue weighted by molar-refractivity contribution is -0.151. The van der Waals surface area contributed by atoms with E-state index < -0.39 is 11.4 Å². The van der Waals surface area contributed by atoms with Crippen molar-refractivity contribution in [1.82, 2.24) is 5.16 Å². The number of carboxylic acid groups (broad SMARTS) is 1. The predicted octanol–water partition coefficient (Wildman–Crippen LogP) is 3.28. The molecule has 0 saturated heterocycles. The molecule has 4 nitrogen and oxygen atoms in total. The van der Waals surface area contributed by atoms with Crippen molar-refractivity contribution in [1.29, 1.82) is 0 Å². The van der Waals surface area contributed by atoms with Crippen LogP contribution in [0.5, 0.6) is 0 Å². The Balaban J connectivity index is 2.03. The zero-order valence-corrected chi connectivity index (χ0v) is 10.9. The lowest BCUT2D eigenvalue weighted by Gasteiger charge is -2.36. The van der Waals surface area contributed by atoms with Crippen LogP contribution in [0.15, 0.2) is 17.0 Å². The number of rotatable bonds is 5. The lowest BCUT2D eigenvalue weighted by Crippen LogP contribution is -2.37. The first-order valence-electron chi connectivity index (χ1n) is 6.78. The fourth-order valence-corrected chi connectivity index (χ4v) is 3.10. The molecule has 1 aliphatic rings. The first-order chi connectivity index (χ1) is 8.66. The molecule has 1 aliphatic carbocycles. The Morgan fingerprint density at radius 2 is 2.28 bits per heavy atom. The van der Waals surface area contributed by atoms with Gasteiger partial charge in [0.1, 0.15) is 6.26 Å². The number of nitrogens with zero attached hydrogens (tertiary/aromatic N) is 1. The van der Waals surface area contributed by atoms with Gasteiger partial charge >= 0.3 is 5.97 Å². The Morgan fingerprint density at radius 3 is 2.78 bits per heavy atom. The van der Waals surface area contributed by atoms with Crippen molar-refractivity contribution in [3.8, 4) is 0 Å². The van der Waals surface area contributed by atoms with Gasteiger partial charge in [0, 0.05) is 5.56 Å². The molecule has 1 aromatic rings. The van der Waals surface area contributed by atoms with Crippen LogP contribution in [0.4, 0.5) is 0 Å². The molecule has 1 heterocycles. The van der Waals surface area contributed by atoms with Gasteiger partial charge in [0.2, 0.25) is 0 Å². The third-order valence-corrected chi connectivity index (χ3v) is 4.24. The largest absolute Gasteiger partial charge is 0.481 e. The van der Waals surface area contributed by atoms with Crippen molar-refractivity contribution >= 4 is 5.97 Å². The SMILES string of the molecule is CCCC1CCC(Cc2cnoc2)(C(=O)O)CC1. The van der Waals surface area contributed by atoms with E-state index in [2.05, 4.69) is 12.1 Å². The Hall–Kier alpha value is -1.32. The number of aromatic nitrogens is 1. The highest BCUT2D eigenvalue weighted by Crippen LogP contribution is 2.43. The summed E-state index contributed by atoms with van der Waals surface area (Å²) in [4.78, 5) is 11.6. The van der Waals surface area contributed by atoms with Crippen molar-refractivity contribution in [2.45, 2.75) is 51.9 Å². The van der Waals surface area contributed by atoms with Gasteiger partial charge in [-0.05, 0) is 38.0 Å². The molecule has 1 saturated carbocycles. The number of aliphatic carboxylic acids is 1. The lowest BCUT2D eigenvalue weighted by atomic mass is 9.67. The molecule has 1 fully saturated rings. The second kappa shape index (κ2) is 5.55. The van der Waals surface area contributed by atoms with Crippen LogP contribution in [0.3, 0.4) is 0 Å². The third kappa shape index (κ3) is 2.74. The summed E-state index contributed by atoms with van der Waals surface area (Å²) in [5.41, 5.74) is 0.293. The first-order valence-corrected chi connectivity index (χ1v) is 6.78. The van der Waals surface area contributed by atoms with E-state index in [1.54, 1.807) is 12.5 Å². The van der Waals surface area contributed by atoms with E-state index in [1.165, 1.54) is 12.8 Å². The zero-order chi connectivity index (χ0) is 13.0. The second-order valence-corrected chi connectivity index (χ2v) is 5.53. The van der Waals surface area contributed by atoms with E-state index in [-0.39, 0.29) is 0 Å². The first kappa shape index (κ1) is 13.1. The molecule has 2 rings (SSSR count). The maximum atomic E-state index is 11.6. The van der Waals surface area contributed by atoms with Gasteiger partial charge < -0.3 is 9.63 Å². The van der Waals surface area contributed by atoms with Crippen LogP contribution in [-0.4, -0.2) is 16.2 Å². The molecule has 0 unspecified atom stereocenters. The highest BCUT2D eigenvalue weighted by atomic mass is 16.5. The Bertz CT molecular complexity index is 378. The average molecular weight is 251 g/mol. The number of carbonyl (C=O) groups is 1. The zero-order valence-electron chi connectivity index (χ0n) is 10.9. The minimum Gasteiger partial charge on any atom is -0.481 e. The molecule has 0 bridgehead atoms. The topological polar surface area (TPSA) is 63.3 Å². The van der Waals surface area contributed by atoms with Gasteiger partial charge in [-0.25, -0.2) is 0 Å². The smallest absolute Gasteiger partial charge is 0.309 e. The van der Waals surface area contributed by atoms with Crippen molar-refractivity contribution in [3.05, 3.63) is 18.0 Å². The normalized spacial score (nSPS) is 28.2. The molecule has 0 amide bonds. The molecule has 4 heteroatoms. The molecular weight excluding hydrogens is 230 g/mol. The molecular formula is C14H21NO3. The summed E-state index contributed by atoms with van der Waals surface area (Å²) in [5.74, 6) is 0.0450. The van der Waals surface area contributed by atoms with E-state index in [4.69, 9.17) is 4.52 Å². The maximum absolute atomic E-state index is 11.6. The summed E-state index contributed by atoms with van der Waals surface area (Å²) in [6, 6.07) is 0. The Kier molecular flexibility index (Phi) is 4.04. The van der Waals surface area contributed by atoms with E-state index >= 15 is 0 Å². The van der Waals surface area contributed by atoms with Crippen LogP contribution in [0, 0.1) is 11.3 Å². The van der Waals surface area contributed by atoms with E-state index in [0.29, 0.717) is 12.3 Å². The van der Waals surface area contributed by atoms with Gasteiger partial charge in [-0.3, -0.25) is 4.79 Å². The van der Waals surface area contributed by atoms with Crippen molar-refractivity contribution < 1.29 is 14.4 Å². The summed E-state index contributed by atoms with van der Waals surface area (Å²) in [7, 11) is 0. The van der Waals surface area contributed by atoms with Crippen LogP contribution in [0.25, 0.3) is 0 Å². The molecule has 1 aromatic heterocycles. The molecule has 0 aliphatic heterocycles. The molecule has 100 valence electrons. The van der Waals surface area contributed by atoms with E-state index in [0.717, 1.165) is 31.2 Å². The summed E-state index contributed by atoms with van der Waals surface area (Å²) in [6.45, 7) is 2.19. The van der Waals surface area contributed by atoms with Crippen LogP contribution >= 0.6 is 0 Å². The summed E-state index contributed by atoms with van der Waals surface area (Å²) < 4.78 is 4.80. The van der Waals surface area contributed by atoms with Crippen LogP contribution in [-0.2, 0) is 11.2 Å². The summed E-state index contributed by atoms with van der Waals surface area (Å²) >= 11 is 0. The van der Waals surface area contributed by atoms with Gasteiger partial charge in [0.25, 0.3) is 0 Å². The van der Waals surface area contributed by atoms with Crippen LogP contribution < -0.4 is 0 Å². The number of carboxylic acids is 1. The monoisotopic (exact) mass is 251 g/mol. The van der Waals surface area contributed by atoms with E-state index in [9.17, 15) is 9.90 Å². The quantitative estimate of drug-likeness (QED) is 0.872. The molecule has 0 spiro atoms. The minimum atomic E-state index is -0.668. The summed E-state index contributed by atoms with van der Waals surface area (Å²) in [5, 5.41) is 13.2. The highest BCUT2D eigenvalue weighted by Gasteiger charge is 2.42. The number of hydrogen-bond donors (Lipinski definition) is 1. The molecule has 18 heavy (non-hydrogen) atoms. The Labute approximate surface area is 107 Å². The summed E-state index contributed by atoms with van der Waals surface area (Å²) in [6.07, 6.45) is 9.77. The van der Waals surface area contributed by atoms with Crippen LogP contribution in [0.2, 0.25) is 0 Å². The standard InChI is InChI=1S/C14H21NO3/c1-2-3-11-4-6-14(7-5-11,13(16)17)8-12-9-15-18-10-12/h9-11H,2-8H2,1H3,(H,16,17). The fraction of sp³-hybridized carbons (Fsp3) is 0.714. The molecule has 0 aromatic carbocycles. The fourth-order valence-electron chi connectivity index (χ4n) is 3.10.